The van der Waals surface area contributed by atoms with Crippen LogP contribution in [0.3, 0.4) is 0 Å². The minimum absolute atomic E-state index is 0.0713. The molecule has 32 heavy (non-hydrogen) atoms. The molecule has 3 aromatic rings. The molecular weight excluding hydrogens is 402 g/mol. The molecular formula is C26H21N3O3. The van der Waals surface area contributed by atoms with Gasteiger partial charge in [-0.05, 0) is 35.7 Å². The van der Waals surface area contributed by atoms with Gasteiger partial charge in [-0.15, -0.1) is 0 Å². The summed E-state index contributed by atoms with van der Waals surface area (Å²) in [5, 5.41) is 0. The Kier molecular flexibility index (Phi) is 4.15. The molecule has 0 aromatic heterocycles. The van der Waals surface area contributed by atoms with Crippen LogP contribution in [0.1, 0.15) is 43.6 Å². The zero-order chi connectivity index (χ0) is 21.8. The van der Waals surface area contributed by atoms with Crippen LogP contribution in [0.2, 0.25) is 0 Å². The summed E-state index contributed by atoms with van der Waals surface area (Å²) in [5.74, 6) is -0.476. The molecule has 1 atom stereocenters. The molecule has 6 rings (SSSR count). The standard InChI is InChI=1S/C26H21N3O3/c30-23(27-14-13-17-7-1-2-8-18(17)15-27)16-28-24-19-9-3-4-10-20(19)26(32)29(24)22-12-6-5-11-21(22)25(28)31/h1-12,24H,13-16H2/t24-/m0/s1. The second-order valence-electron chi connectivity index (χ2n) is 8.42. The van der Waals surface area contributed by atoms with E-state index in [1.54, 1.807) is 34.1 Å². The largest absolute Gasteiger partial charge is 0.336 e. The van der Waals surface area contributed by atoms with Crippen LogP contribution in [0.5, 0.6) is 0 Å². The summed E-state index contributed by atoms with van der Waals surface area (Å²) in [4.78, 5) is 45.1. The number of anilines is 1. The van der Waals surface area contributed by atoms with Gasteiger partial charge in [0, 0.05) is 24.2 Å². The second-order valence-corrected chi connectivity index (χ2v) is 8.42. The van der Waals surface area contributed by atoms with E-state index in [1.807, 2.05) is 47.4 Å². The molecule has 3 aliphatic heterocycles. The lowest BCUT2D eigenvalue weighted by Crippen LogP contribution is -2.52. The predicted octanol–water partition coefficient (Wildman–Crippen LogP) is 3.39. The average molecular weight is 423 g/mol. The smallest absolute Gasteiger partial charge is 0.260 e. The van der Waals surface area contributed by atoms with Gasteiger partial charge >= 0.3 is 0 Å². The molecule has 3 aliphatic rings. The number of amides is 3. The number of fused-ring (bicyclic) bond motifs is 6. The van der Waals surface area contributed by atoms with E-state index in [0.29, 0.717) is 29.9 Å². The predicted molar refractivity (Wildman–Crippen MR) is 119 cm³/mol. The zero-order valence-electron chi connectivity index (χ0n) is 17.4. The van der Waals surface area contributed by atoms with Crippen molar-refractivity contribution in [3.8, 4) is 0 Å². The van der Waals surface area contributed by atoms with Crippen LogP contribution in [0, 0.1) is 0 Å². The quantitative estimate of drug-likeness (QED) is 0.635. The number of benzene rings is 3. The minimum Gasteiger partial charge on any atom is -0.336 e. The summed E-state index contributed by atoms with van der Waals surface area (Å²) in [5.41, 5.74) is 4.79. The van der Waals surface area contributed by atoms with Crippen molar-refractivity contribution in [1.82, 2.24) is 9.80 Å². The molecule has 3 heterocycles. The van der Waals surface area contributed by atoms with Crippen LogP contribution < -0.4 is 4.90 Å². The highest BCUT2D eigenvalue weighted by molar-refractivity contribution is 6.17. The summed E-state index contributed by atoms with van der Waals surface area (Å²) in [6, 6.07) is 22.6. The molecule has 0 aliphatic carbocycles. The Labute approximate surface area is 185 Å². The van der Waals surface area contributed by atoms with Crippen LogP contribution in [-0.2, 0) is 17.8 Å². The van der Waals surface area contributed by atoms with Crippen LogP contribution in [0.4, 0.5) is 5.69 Å². The third-order valence-electron chi connectivity index (χ3n) is 6.67. The van der Waals surface area contributed by atoms with E-state index in [-0.39, 0.29) is 24.3 Å². The summed E-state index contributed by atoms with van der Waals surface area (Å²) in [6.07, 6.45) is 0.192. The highest BCUT2D eigenvalue weighted by Gasteiger charge is 2.48. The van der Waals surface area contributed by atoms with Gasteiger partial charge in [-0.2, -0.15) is 0 Å². The molecule has 0 saturated carbocycles. The van der Waals surface area contributed by atoms with Gasteiger partial charge in [-0.1, -0.05) is 54.6 Å². The first-order valence-electron chi connectivity index (χ1n) is 10.8. The highest BCUT2D eigenvalue weighted by Crippen LogP contribution is 2.45. The van der Waals surface area contributed by atoms with Gasteiger partial charge in [0.05, 0.1) is 11.3 Å². The summed E-state index contributed by atoms with van der Waals surface area (Å²) < 4.78 is 0. The number of carbonyl (C=O) groups excluding carboxylic acids is 3. The van der Waals surface area contributed by atoms with Crippen LogP contribution >= 0.6 is 0 Å². The lowest BCUT2D eigenvalue weighted by atomic mass is 9.99. The third-order valence-corrected chi connectivity index (χ3v) is 6.67. The number of para-hydroxylation sites is 1. The molecule has 0 bridgehead atoms. The molecule has 0 unspecified atom stereocenters. The maximum atomic E-state index is 13.5. The molecule has 0 N–H and O–H groups in total. The van der Waals surface area contributed by atoms with E-state index in [9.17, 15) is 14.4 Å². The number of carbonyl (C=O) groups is 3. The lowest BCUT2D eigenvalue weighted by Gasteiger charge is -2.41. The van der Waals surface area contributed by atoms with Gasteiger partial charge in [0.1, 0.15) is 12.7 Å². The SMILES string of the molecule is O=C(CN1C(=O)c2ccccc2N2C(=O)c3ccccc3[C@@H]12)N1CCc2ccccc2C1. The number of hydrogen-bond acceptors (Lipinski definition) is 3. The van der Waals surface area contributed by atoms with E-state index in [4.69, 9.17) is 0 Å². The van der Waals surface area contributed by atoms with Crippen molar-refractivity contribution in [2.75, 3.05) is 18.0 Å². The van der Waals surface area contributed by atoms with Crippen LogP contribution in [0.25, 0.3) is 0 Å². The van der Waals surface area contributed by atoms with Crippen molar-refractivity contribution in [3.63, 3.8) is 0 Å². The second kappa shape index (κ2) is 7.05. The van der Waals surface area contributed by atoms with E-state index < -0.39 is 6.17 Å². The first-order chi connectivity index (χ1) is 15.6. The Morgan fingerprint density at radius 1 is 0.812 bits per heavy atom. The van der Waals surface area contributed by atoms with Crippen molar-refractivity contribution in [3.05, 3.63) is 101 Å². The van der Waals surface area contributed by atoms with E-state index >= 15 is 0 Å². The van der Waals surface area contributed by atoms with Crippen LogP contribution in [0.15, 0.2) is 72.8 Å². The van der Waals surface area contributed by atoms with Crippen LogP contribution in [-0.4, -0.2) is 40.6 Å². The third kappa shape index (κ3) is 2.69. The molecule has 0 fully saturated rings. The Morgan fingerprint density at radius 2 is 1.50 bits per heavy atom. The Bertz CT molecular complexity index is 1280. The lowest BCUT2D eigenvalue weighted by molar-refractivity contribution is -0.133. The molecule has 158 valence electrons. The van der Waals surface area contributed by atoms with Gasteiger partial charge in [0.15, 0.2) is 0 Å². The summed E-state index contributed by atoms with van der Waals surface area (Å²) in [6.45, 7) is 1.09. The van der Waals surface area contributed by atoms with E-state index in [1.165, 1.54) is 5.56 Å². The minimum atomic E-state index is -0.609. The Balaban J connectivity index is 1.36. The fourth-order valence-electron chi connectivity index (χ4n) is 5.09. The molecule has 3 amide bonds. The van der Waals surface area contributed by atoms with Gasteiger partial charge in [-0.25, -0.2) is 0 Å². The highest BCUT2D eigenvalue weighted by atomic mass is 16.2. The molecule has 6 nitrogen and oxygen atoms in total. The number of nitrogens with zero attached hydrogens (tertiary/aromatic N) is 3. The van der Waals surface area contributed by atoms with E-state index in [0.717, 1.165) is 17.5 Å². The summed E-state index contributed by atoms with van der Waals surface area (Å²) in [7, 11) is 0. The summed E-state index contributed by atoms with van der Waals surface area (Å²) >= 11 is 0. The molecule has 0 saturated heterocycles. The monoisotopic (exact) mass is 423 g/mol. The Morgan fingerprint density at radius 3 is 2.34 bits per heavy atom. The molecule has 3 aromatic carbocycles. The van der Waals surface area contributed by atoms with E-state index in [2.05, 4.69) is 6.07 Å². The van der Waals surface area contributed by atoms with Gasteiger partial charge < -0.3 is 9.80 Å². The van der Waals surface area contributed by atoms with Crippen molar-refractivity contribution < 1.29 is 14.4 Å². The maximum Gasteiger partial charge on any atom is 0.260 e. The molecule has 0 spiro atoms. The van der Waals surface area contributed by atoms with Gasteiger partial charge in [0.2, 0.25) is 5.91 Å². The first kappa shape index (κ1) is 18.8. The topological polar surface area (TPSA) is 60.9 Å². The molecule has 0 radical (unpaired) electrons. The maximum absolute atomic E-state index is 13.5. The number of rotatable bonds is 2. The van der Waals surface area contributed by atoms with Crippen molar-refractivity contribution in [2.24, 2.45) is 0 Å². The van der Waals surface area contributed by atoms with Gasteiger partial charge in [0.25, 0.3) is 11.8 Å². The first-order valence-corrected chi connectivity index (χ1v) is 10.8. The Hall–Kier alpha value is -3.93. The fourth-order valence-corrected chi connectivity index (χ4v) is 5.09. The number of hydrogen-bond donors (Lipinski definition) is 0. The van der Waals surface area contributed by atoms with Crippen molar-refractivity contribution in [1.29, 1.82) is 0 Å². The normalized spacial score (nSPS) is 18.8. The fraction of sp³-hybridized carbons (Fsp3) is 0.192. The van der Waals surface area contributed by atoms with Crippen molar-refractivity contribution in [2.45, 2.75) is 19.1 Å². The zero-order valence-corrected chi connectivity index (χ0v) is 17.4. The van der Waals surface area contributed by atoms with Gasteiger partial charge in [-0.3, -0.25) is 19.3 Å². The average Bonchev–Trinajstić information content (AvgIpc) is 3.14. The molecule has 6 heteroatoms. The van der Waals surface area contributed by atoms with Crippen molar-refractivity contribution >= 4 is 23.4 Å².